The third-order valence-electron chi connectivity index (χ3n) is 1.55. The van der Waals surface area contributed by atoms with E-state index in [-0.39, 0.29) is 17.9 Å². The summed E-state index contributed by atoms with van der Waals surface area (Å²) in [5.74, 6) is 0.393. The molecule has 0 aromatic rings. The number of hydrogen-bond donors (Lipinski definition) is 0. The molecule has 0 aliphatic carbocycles. The van der Waals surface area contributed by atoms with Crippen LogP contribution in [0.25, 0.3) is 0 Å². The summed E-state index contributed by atoms with van der Waals surface area (Å²) in [7, 11) is -4.96. The van der Waals surface area contributed by atoms with E-state index in [4.69, 9.17) is 0 Å². The average molecular weight is 245 g/mol. The molecule has 2 amide bonds. The fourth-order valence-electron chi connectivity index (χ4n) is 0.802. The van der Waals surface area contributed by atoms with Crippen molar-refractivity contribution in [1.82, 2.24) is 5.06 Å². The van der Waals surface area contributed by atoms with Crippen molar-refractivity contribution in [1.29, 1.82) is 0 Å². The number of rotatable bonds is 2. The van der Waals surface area contributed by atoms with Crippen molar-refractivity contribution in [2.45, 2.75) is 18.3 Å². The highest BCUT2D eigenvalue weighted by Crippen LogP contribution is 2.27. The van der Waals surface area contributed by atoms with Crippen LogP contribution in [0.4, 0.5) is 13.2 Å². The molecule has 15 heavy (non-hydrogen) atoms. The Hall–Kier alpha value is -1.09. The van der Waals surface area contributed by atoms with Crippen LogP contribution in [0.1, 0.15) is 12.8 Å². The molecular formula is C6H6F3NO4S. The Kier molecular flexibility index (Phi) is 2.79. The molecule has 1 saturated heterocycles. The van der Waals surface area contributed by atoms with E-state index in [0.29, 0.717) is 0 Å². The Balaban J connectivity index is 2.87. The van der Waals surface area contributed by atoms with Crippen LogP contribution in [-0.4, -0.2) is 32.5 Å². The number of alkyl halides is 3. The predicted octanol–water partition coefficient (Wildman–Crippen LogP) is 0.218. The molecule has 1 aliphatic heterocycles. The van der Waals surface area contributed by atoms with Crippen molar-refractivity contribution in [2.24, 2.45) is 0 Å². The van der Waals surface area contributed by atoms with Gasteiger partial charge in [-0.05, 0) is 5.87 Å². The monoisotopic (exact) mass is 245 g/mol. The Morgan fingerprint density at radius 3 is 2.00 bits per heavy atom. The number of imide groups is 1. The highest BCUT2D eigenvalue weighted by atomic mass is 32.2. The van der Waals surface area contributed by atoms with Crippen molar-refractivity contribution in [3.05, 3.63) is 0 Å². The summed E-state index contributed by atoms with van der Waals surface area (Å²) < 4.78 is 50.8. The molecule has 0 bridgehead atoms. The Labute approximate surface area is 83.0 Å². The zero-order chi connectivity index (χ0) is 11.9. The molecule has 0 aromatic heterocycles. The molecule has 5 nitrogen and oxygen atoms in total. The van der Waals surface area contributed by atoms with Crippen LogP contribution in [0, 0.1) is 0 Å². The van der Waals surface area contributed by atoms with Gasteiger partial charge in [-0.3, -0.25) is 9.59 Å². The normalized spacial score (nSPS) is 21.9. The van der Waals surface area contributed by atoms with E-state index in [1.165, 1.54) is 0 Å². The Bertz CT molecular complexity index is 383. The summed E-state index contributed by atoms with van der Waals surface area (Å²) in [6.07, 6.45) is -0.515. The minimum absolute atomic E-state index is 0.136. The molecule has 1 heterocycles. The molecule has 0 radical (unpaired) electrons. The van der Waals surface area contributed by atoms with E-state index in [2.05, 4.69) is 10.2 Å². The van der Waals surface area contributed by atoms with Crippen molar-refractivity contribution >= 4 is 27.5 Å². The van der Waals surface area contributed by atoms with Crippen LogP contribution >= 0.6 is 0 Å². The van der Waals surface area contributed by atoms with E-state index >= 15 is 0 Å². The lowest BCUT2D eigenvalue weighted by Gasteiger charge is -2.17. The second-order valence-electron chi connectivity index (χ2n) is 2.72. The first-order valence-corrected chi connectivity index (χ1v) is 5.29. The van der Waals surface area contributed by atoms with Gasteiger partial charge in [0.25, 0.3) is 11.8 Å². The van der Waals surface area contributed by atoms with Crippen molar-refractivity contribution in [3.8, 4) is 0 Å². The molecule has 9 heteroatoms. The SMILES string of the molecule is C=S(=O)(ON1C(=O)CCC1=O)C(F)(F)F. The van der Waals surface area contributed by atoms with Gasteiger partial charge >= 0.3 is 5.51 Å². The average Bonchev–Trinajstić information content (AvgIpc) is 2.33. The molecule has 0 N–H and O–H groups in total. The number of hydrogen-bond acceptors (Lipinski definition) is 4. The molecule has 0 aromatic carbocycles. The van der Waals surface area contributed by atoms with Gasteiger partial charge in [0.1, 0.15) is 0 Å². The van der Waals surface area contributed by atoms with Crippen molar-refractivity contribution in [2.75, 3.05) is 0 Å². The fraction of sp³-hybridized carbons (Fsp3) is 0.500. The smallest absolute Gasteiger partial charge is 0.272 e. The second kappa shape index (κ2) is 3.49. The molecule has 1 atom stereocenters. The maximum Gasteiger partial charge on any atom is 0.488 e. The number of hydroxylamine groups is 2. The zero-order valence-corrected chi connectivity index (χ0v) is 8.06. The summed E-state index contributed by atoms with van der Waals surface area (Å²) in [5.41, 5.74) is -5.23. The van der Waals surface area contributed by atoms with Crippen LogP contribution in [-0.2, 0) is 23.7 Å². The predicted molar refractivity (Wildman–Crippen MR) is 43.5 cm³/mol. The Morgan fingerprint density at radius 1 is 1.27 bits per heavy atom. The van der Waals surface area contributed by atoms with Crippen LogP contribution in [0.15, 0.2) is 0 Å². The van der Waals surface area contributed by atoms with E-state index < -0.39 is 27.1 Å². The van der Waals surface area contributed by atoms with Gasteiger partial charge in [0.15, 0.2) is 9.80 Å². The molecule has 86 valence electrons. The summed E-state index contributed by atoms with van der Waals surface area (Å²) in [5, 5.41) is -0.136. The highest BCUT2D eigenvalue weighted by molar-refractivity contribution is 7.96. The minimum Gasteiger partial charge on any atom is -0.272 e. The van der Waals surface area contributed by atoms with Crippen LogP contribution < -0.4 is 0 Å². The molecule has 1 aliphatic rings. The highest BCUT2D eigenvalue weighted by Gasteiger charge is 2.45. The third-order valence-corrected chi connectivity index (χ3v) is 2.65. The van der Waals surface area contributed by atoms with E-state index in [0.717, 1.165) is 0 Å². The maximum atomic E-state index is 12.0. The number of nitrogens with zero attached hydrogens (tertiary/aromatic N) is 1. The third kappa shape index (κ3) is 2.29. The number of carbonyl (C=O) groups excluding carboxylic acids is 2. The van der Waals surface area contributed by atoms with Crippen molar-refractivity contribution in [3.63, 3.8) is 0 Å². The Morgan fingerprint density at radius 2 is 1.67 bits per heavy atom. The number of carbonyl (C=O) groups is 2. The maximum absolute atomic E-state index is 12.0. The molecule has 1 rings (SSSR count). The largest absolute Gasteiger partial charge is 0.488 e. The molecule has 1 unspecified atom stereocenters. The van der Waals surface area contributed by atoms with Crippen LogP contribution in [0.3, 0.4) is 0 Å². The lowest BCUT2D eigenvalue weighted by molar-refractivity contribution is -0.165. The van der Waals surface area contributed by atoms with Gasteiger partial charge in [0.2, 0.25) is 0 Å². The first kappa shape index (κ1) is 12.0. The summed E-state index contributed by atoms with van der Waals surface area (Å²) in [4.78, 5) is 21.7. The standard InChI is InChI=1S/C6H6F3NO4S/c1-15(13,6(7,8)9)14-10-4(11)2-3-5(10)12/h1-3H2. The van der Waals surface area contributed by atoms with Gasteiger partial charge in [0, 0.05) is 12.8 Å². The lowest BCUT2D eigenvalue weighted by atomic mass is 10.4. The number of halogens is 3. The molecule has 0 spiro atoms. The summed E-state index contributed by atoms with van der Waals surface area (Å²) in [6.45, 7) is 0. The summed E-state index contributed by atoms with van der Waals surface area (Å²) >= 11 is 0. The quantitative estimate of drug-likeness (QED) is 0.515. The van der Waals surface area contributed by atoms with Gasteiger partial charge in [-0.2, -0.15) is 17.5 Å². The minimum atomic E-state index is -5.23. The van der Waals surface area contributed by atoms with Crippen LogP contribution in [0.2, 0.25) is 0 Å². The van der Waals surface area contributed by atoms with E-state index in [1.807, 2.05) is 0 Å². The van der Waals surface area contributed by atoms with Gasteiger partial charge in [0.05, 0.1) is 0 Å². The first-order valence-electron chi connectivity index (χ1n) is 3.64. The lowest BCUT2D eigenvalue weighted by Crippen LogP contribution is -2.37. The topological polar surface area (TPSA) is 63.7 Å². The van der Waals surface area contributed by atoms with Crippen molar-refractivity contribution < 1.29 is 31.3 Å². The number of amides is 2. The van der Waals surface area contributed by atoms with Gasteiger partial charge in [-0.25, -0.2) is 4.21 Å². The molecule has 1 fully saturated rings. The van der Waals surface area contributed by atoms with E-state index in [9.17, 15) is 27.0 Å². The summed E-state index contributed by atoms with van der Waals surface area (Å²) in [6, 6.07) is 0. The van der Waals surface area contributed by atoms with Gasteiger partial charge < -0.3 is 0 Å². The van der Waals surface area contributed by atoms with E-state index in [1.54, 1.807) is 0 Å². The van der Waals surface area contributed by atoms with Crippen LogP contribution in [0.5, 0.6) is 0 Å². The van der Waals surface area contributed by atoms with Gasteiger partial charge in [-0.15, -0.1) is 5.06 Å². The van der Waals surface area contributed by atoms with Gasteiger partial charge in [-0.1, -0.05) is 0 Å². The molecule has 0 saturated carbocycles. The second-order valence-corrected chi connectivity index (χ2v) is 4.56. The fourth-order valence-corrected chi connectivity index (χ4v) is 1.29. The zero-order valence-electron chi connectivity index (χ0n) is 7.24. The first-order chi connectivity index (χ1) is 6.65. The molecular weight excluding hydrogens is 239 g/mol.